The summed E-state index contributed by atoms with van der Waals surface area (Å²) in [6.45, 7) is 0. The Morgan fingerprint density at radius 1 is 1.05 bits per heavy atom. The van der Waals surface area contributed by atoms with E-state index < -0.39 is 0 Å². The van der Waals surface area contributed by atoms with Gasteiger partial charge in [-0.05, 0) is 42.0 Å². The molecule has 2 aromatic carbocycles. The number of nitrogens with one attached hydrogen (secondary N) is 1. The lowest BCUT2D eigenvalue weighted by atomic mass is 10.2. The molecule has 1 aromatic heterocycles. The summed E-state index contributed by atoms with van der Waals surface area (Å²) in [5.41, 5.74) is 1.96. The molecule has 21 heavy (non-hydrogen) atoms. The van der Waals surface area contributed by atoms with E-state index in [-0.39, 0.29) is 5.82 Å². The number of benzene rings is 2. The van der Waals surface area contributed by atoms with Gasteiger partial charge in [-0.15, -0.1) is 5.10 Å². The summed E-state index contributed by atoms with van der Waals surface area (Å²) in [6.07, 6.45) is 0. The van der Waals surface area contributed by atoms with E-state index in [0.29, 0.717) is 21.8 Å². The molecule has 0 bridgehead atoms. The van der Waals surface area contributed by atoms with Crippen LogP contribution in [-0.4, -0.2) is 15.2 Å². The number of nitrogens with zero attached hydrogens (tertiary/aromatic N) is 2. The molecule has 3 aromatic rings. The highest BCUT2D eigenvalue weighted by atomic mass is 35.5. The van der Waals surface area contributed by atoms with E-state index in [9.17, 15) is 4.39 Å². The van der Waals surface area contributed by atoms with Crippen LogP contribution in [0.5, 0.6) is 0 Å². The van der Waals surface area contributed by atoms with E-state index in [2.05, 4.69) is 15.2 Å². The van der Waals surface area contributed by atoms with Crippen molar-refractivity contribution in [2.45, 2.75) is 10.9 Å². The van der Waals surface area contributed by atoms with Crippen molar-refractivity contribution in [3.05, 3.63) is 64.9 Å². The zero-order valence-corrected chi connectivity index (χ0v) is 12.5. The molecule has 0 spiro atoms. The minimum Gasteiger partial charge on any atom is -0.258 e. The van der Waals surface area contributed by atoms with Crippen molar-refractivity contribution in [2.24, 2.45) is 0 Å². The molecule has 106 valence electrons. The molecule has 3 nitrogen and oxygen atoms in total. The number of hydrogen-bond donors (Lipinski definition) is 1. The first-order valence-corrected chi connectivity index (χ1v) is 7.63. The standard InChI is InChI=1S/C15H11ClFN3S/c16-12-5-3-11(4-6-12)14-18-15(20-19-14)21-9-10-1-7-13(17)8-2-10/h1-8H,9H2,(H,18,19,20). The van der Waals surface area contributed by atoms with Crippen molar-refractivity contribution in [1.29, 1.82) is 0 Å². The predicted molar refractivity (Wildman–Crippen MR) is 82.8 cm³/mol. The monoisotopic (exact) mass is 319 g/mol. The molecule has 0 amide bonds. The van der Waals surface area contributed by atoms with E-state index >= 15 is 0 Å². The van der Waals surface area contributed by atoms with Crippen molar-refractivity contribution in [3.8, 4) is 11.4 Å². The molecule has 0 saturated carbocycles. The number of aromatic nitrogens is 3. The van der Waals surface area contributed by atoms with Crippen LogP contribution in [0, 0.1) is 5.82 Å². The van der Waals surface area contributed by atoms with E-state index in [1.165, 1.54) is 23.9 Å². The van der Waals surface area contributed by atoms with Gasteiger partial charge in [0, 0.05) is 16.3 Å². The van der Waals surface area contributed by atoms with Gasteiger partial charge in [-0.1, -0.05) is 35.5 Å². The second kappa shape index (κ2) is 6.28. The highest BCUT2D eigenvalue weighted by Gasteiger charge is 2.06. The predicted octanol–water partition coefficient (Wildman–Crippen LogP) is 4.56. The number of thioether (sulfide) groups is 1. The number of halogens is 2. The van der Waals surface area contributed by atoms with E-state index in [1.807, 2.05) is 24.3 Å². The van der Waals surface area contributed by atoms with Crippen molar-refractivity contribution >= 4 is 23.4 Å². The third-order valence-corrected chi connectivity index (χ3v) is 4.03. The van der Waals surface area contributed by atoms with Crippen LogP contribution in [0.25, 0.3) is 11.4 Å². The first-order chi connectivity index (χ1) is 10.2. The van der Waals surface area contributed by atoms with E-state index in [4.69, 9.17) is 11.6 Å². The van der Waals surface area contributed by atoms with Gasteiger partial charge in [0.2, 0.25) is 5.16 Å². The lowest BCUT2D eigenvalue weighted by Gasteiger charge is -1.98. The zero-order valence-electron chi connectivity index (χ0n) is 10.9. The second-order valence-electron chi connectivity index (χ2n) is 4.39. The lowest BCUT2D eigenvalue weighted by Crippen LogP contribution is -1.83. The third kappa shape index (κ3) is 3.62. The van der Waals surface area contributed by atoms with Gasteiger partial charge in [0.05, 0.1) is 0 Å². The molecule has 0 aliphatic heterocycles. The zero-order chi connectivity index (χ0) is 14.7. The molecule has 0 fully saturated rings. The normalized spacial score (nSPS) is 10.8. The fourth-order valence-corrected chi connectivity index (χ4v) is 2.66. The highest BCUT2D eigenvalue weighted by molar-refractivity contribution is 7.98. The minimum absolute atomic E-state index is 0.230. The molecule has 6 heteroatoms. The quantitative estimate of drug-likeness (QED) is 0.717. The van der Waals surface area contributed by atoms with Crippen LogP contribution >= 0.6 is 23.4 Å². The van der Waals surface area contributed by atoms with Crippen LogP contribution in [0.15, 0.2) is 53.7 Å². The Hall–Kier alpha value is -1.85. The van der Waals surface area contributed by atoms with Crippen LogP contribution in [0.2, 0.25) is 5.02 Å². The molecule has 0 unspecified atom stereocenters. The van der Waals surface area contributed by atoms with Gasteiger partial charge in [0.25, 0.3) is 0 Å². The van der Waals surface area contributed by atoms with Gasteiger partial charge >= 0.3 is 0 Å². The molecule has 1 heterocycles. The van der Waals surface area contributed by atoms with Crippen LogP contribution in [0.3, 0.4) is 0 Å². The molecule has 1 N–H and O–H groups in total. The first kappa shape index (κ1) is 14.1. The Bertz CT molecular complexity index is 725. The van der Waals surface area contributed by atoms with Crippen LogP contribution in [0.4, 0.5) is 4.39 Å². The molecule has 3 rings (SSSR count). The average molecular weight is 320 g/mol. The van der Waals surface area contributed by atoms with E-state index in [0.717, 1.165) is 11.1 Å². The molecule has 0 saturated heterocycles. The molecule has 0 aliphatic carbocycles. The first-order valence-electron chi connectivity index (χ1n) is 6.26. The number of aromatic amines is 1. The molecular weight excluding hydrogens is 309 g/mol. The summed E-state index contributed by atoms with van der Waals surface area (Å²) in [6, 6.07) is 13.8. The Morgan fingerprint density at radius 3 is 2.48 bits per heavy atom. The maximum Gasteiger partial charge on any atom is 0.209 e. The molecule has 0 atom stereocenters. The van der Waals surface area contributed by atoms with Crippen molar-refractivity contribution in [3.63, 3.8) is 0 Å². The van der Waals surface area contributed by atoms with Crippen LogP contribution in [-0.2, 0) is 5.75 Å². The minimum atomic E-state index is -0.230. The Kier molecular flexibility index (Phi) is 4.22. The summed E-state index contributed by atoms with van der Waals surface area (Å²) < 4.78 is 12.8. The fourth-order valence-electron chi connectivity index (χ4n) is 1.78. The SMILES string of the molecule is Fc1ccc(CSc2n[nH]c(-c3ccc(Cl)cc3)n2)cc1. The largest absolute Gasteiger partial charge is 0.258 e. The third-order valence-electron chi connectivity index (χ3n) is 2.86. The Morgan fingerprint density at radius 2 is 1.76 bits per heavy atom. The fraction of sp³-hybridized carbons (Fsp3) is 0.0667. The van der Waals surface area contributed by atoms with Crippen molar-refractivity contribution in [1.82, 2.24) is 15.2 Å². The Labute approximate surface area is 130 Å². The topological polar surface area (TPSA) is 41.6 Å². The lowest BCUT2D eigenvalue weighted by molar-refractivity contribution is 0.627. The Balaban J connectivity index is 1.67. The molecule has 0 aliphatic rings. The van der Waals surface area contributed by atoms with Crippen molar-refractivity contribution < 1.29 is 4.39 Å². The van der Waals surface area contributed by atoms with E-state index in [1.54, 1.807) is 12.1 Å². The maximum atomic E-state index is 12.8. The number of rotatable bonds is 4. The smallest absolute Gasteiger partial charge is 0.209 e. The average Bonchev–Trinajstić information content (AvgIpc) is 2.96. The van der Waals surface area contributed by atoms with Gasteiger partial charge in [-0.25, -0.2) is 9.37 Å². The summed E-state index contributed by atoms with van der Waals surface area (Å²) >= 11 is 7.35. The summed E-state index contributed by atoms with van der Waals surface area (Å²) in [5, 5.41) is 8.41. The van der Waals surface area contributed by atoms with Gasteiger partial charge in [-0.3, -0.25) is 5.10 Å². The van der Waals surface area contributed by atoms with Gasteiger partial charge in [-0.2, -0.15) is 0 Å². The van der Waals surface area contributed by atoms with Gasteiger partial charge in [0.15, 0.2) is 5.82 Å². The van der Waals surface area contributed by atoms with Crippen molar-refractivity contribution in [2.75, 3.05) is 0 Å². The number of hydrogen-bond acceptors (Lipinski definition) is 3. The molecule has 0 radical (unpaired) electrons. The highest BCUT2D eigenvalue weighted by Crippen LogP contribution is 2.23. The van der Waals surface area contributed by atoms with Crippen LogP contribution in [0.1, 0.15) is 5.56 Å². The summed E-state index contributed by atoms with van der Waals surface area (Å²) in [5.74, 6) is 1.16. The maximum absolute atomic E-state index is 12.8. The second-order valence-corrected chi connectivity index (χ2v) is 5.77. The van der Waals surface area contributed by atoms with Gasteiger partial charge in [0.1, 0.15) is 5.82 Å². The van der Waals surface area contributed by atoms with Crippen LogP contribution < -0.4 is 0 Å². The molecular formula is C15H11ClFN3S. The summed E-state index contributed by atoms with van der Waals surface area (Å²) in [4.78, 5) is 4.42. The number of H-pyrrole nitrogens is 1. The summed E-state index contributed by atoms with van der Waals surface area (Å²) in [7, 11) is 0. The van der Waals surface area contributed by atoms with Gasteiger partial charge < -0.3 is 0 Å².